The molecule has 0 saturated heterocycles. The molecule has 0 aromatic carbocycles. The summed E-state index contributed by atoms with van der Waals surface area (Å²) >= 11 is 0. The SMILES string of the molecule is CCCNCCCN(C(C)C)[N+]([O-])=NO. The maximum absolute atomic E-state index is 11.1. The number of nitrogens with one attached hydrogen (secondary N) is 1. The predicted molar refractivity (Wildman–Crippen MR) is 57.5 cm³/mol. The molecule has 0 heterocycles. The van der Waals surface area contributed by atoms with Crippen molar-refractivity contribution < 1.29 is 10.2 Å². The highest BCUT2D eigenvalue weighted by Crippen LogP contribution is 2.00. The second-order valence-corrected chi connectivity index (χ2v) is 3.70. The molecule has 0 aromatic heterocycles. The van der Waals surface area contributed by atoms with Gasteiger partial charge in [0.2, 0.25) is 5.28 Å². The Morgan fingerprint density at radius 3 is 2.60 bits per heavy atom. The summed E-state index contributed by atoms with van der Waals surface area (Å²) in [6, 6.07) is 0.0320. The van der Waals surface area contributed by atoms with E-state index >= 15 is 0 Å². The molecule has 0 aliphatic carbocycles. The number of hydrogen-bond donors (Lipinski definition) is 2. The van der Waals surface area contributed by atoms with Crippen molar-refractivity contribution in [1.82, 2.24) is 10.3 Å². The largest absolute Gasteiger partial charge is 0.569 e. The highest BCUT2D eigenvalue weighted by atomic mass is 16.6. The fraction of sp³-hybridized carbons (Fsp3) is 1.00. The minimum Gasteiger partial charge on any atom is -0.569 e. The van der Waals surface area contributed by atoms with Crippen LogP contribution in [0.5, 0.6) is 0 Å². The van der Waals surface area contributed by atoms with Crippen molar-refractivity contribution in [2.45, 2.75) is 39.7 Å². The number of hydrogen-bond acceptors (Lipinski definition) is 3. The van der Waals surface area contributed by atoms with Gasteiger partial charge in [-0.2, -0.15) is 0 Å². The third-order valence-corrected chi connectivity index (χ3v) is 2.06. The van der Waals surface area contributed by atoms with Gasteiger partial charge in [-0.25, -0.2) is 0 Å². The lowest BCUT2D eigenvalue weighted by Crippen LogP contribution is -2.38. The van der Waals surface area contributed by atoms with Gasteiger partial charge < -0.3 is 15.7 Å². The van der Waals surface area contributed by atoms with Crippen LogP contribution in [0.1, 0.15) is 33.6 Å². The Morgan fingerprint density at radius 2 is 2.13 bits per heavy atom. The maximum Gasteiger partial charge on any atom is 0.230 e. The van der Waals surface area contributed by atoms with Gasteiger partial charge in [-0.1, -0.05) is 6.92 Å². The van der Waals surface area contributed by atoms with Crippen LogP contribution in [0.4, 0.5) is 0 Å². The molecule has 0 rings (SSSR count). The molecular weight excluding hydrogens is 196 g/mol. The van der Waals surface area contributed by atoms with Gasteiger partial charge in [-0.15, -0.1) is 5.01 Å². The van der Waals surface area contributed by atoms with E-state index in [9.17, 15) is 5.21 Å². The van der Waals surface area contributed by atoms with Crippen LogP contribution in [-0.2, 0) is 0 Å². The van der Waals surface area contributed by atoms with Gasteiger partial charge in [0.1, 0.15) is 0 Å². The highest BCUT2D eigenvalue weighted by Gasteiger charge is 2.16. The summed E-state index contributed by atoms with van der Waals surface area (Å²) in [4.78, 5) is 0.241. The average molecular weight is 218 g/mol. The number of rotatable bonds is 8. The van der Waals surface area contributed by atoms with Gasteiger partial charge in [0.25, 0.3) is 0 Å². The van der Waals surface area contributed by atoms with Gasteiger partial charge in [0, 0.05) is 0 Å². The molecule has 0 atom stereocenters. The van der Waals surface area contributed by atoms with E-state index in [1.165, 1.54) is 5.01 Å². The lowest BCUT2D eigenvalue weighted by molar-refractivity contribution is -0.716. The quantitative estimate of drug-likeness (QED) is 0.279. The zero-order valence-electron chi connectivity index (χ0n) is 9.81. The first-order valence-electron chi connectivity index (χ1n) is 5.43. The van der Waals surface area contributed by atoms with Crippen LogP contribution in [0, 0.1) is 5.21 Å². The molecule has 15 heavy (non-hydrogen) atoms. The monoisotopic (exact) mass is 218 g/mol. The molecule has 0 amide bonds. The van der Waals surface area contributed by atoms with Crippen LogP contribution in [0.15, 0.2) is 5.28 Å². The molecule has 6 heteroatoms. The van der Waals surface area contributed by atoms with Gasteiger partial charge in [0.05, 0.1) is 17.6 Å². The molecule has 0 fully saturated rings. The first-order chi connectivity index (χ1) is 7.13. The van der Waals surface area contributed by atoms with E-state index in [4.69, 9.17) is 5.21 Å². The zero-order chi connectivity index (χ0) is 11.7. The number of nitrogens with zero attached hydrogens (tertiary/aromatic N) is 3. The average Bonchev–Trinajstić information content (AvgIpc) is 2.22. The van der Waals surface area contributed by atoms with Gasteiger partial charge in [-0.3, -0.25) is 0 Å². The summed E-state index contributed by atoms with van der Waals surface area (Å²) in [5, 5.41) is 26.8. The van der Waals surface area contributed by atoms with Gasteiger partial charge >= 0.3 is 0 Å². The van der Waals surface area contributed by atoms with Crippen molar-refractivity contribution >= 4 is 0 Å². The molecule has 0 bridgehead atoms. The van der Waals surface area contributed by atoms with E-state index in [2.05, 4.69) is 17.5 Å². The molecule has 90 valence electrons. The van der Waals surface area contributed by atoms with Crippen molar-refractivity contribution in [3.8, 4) is 0 Å². The fourth-order valence-corrected chi connectivity index (χ4v) is 1.26. The second-order valence-electron chi connectivity index (χ2n) is 3.70. The molecule has 0 unspecified atom stereocenters. The Hall–Kier alpha value is -1.04. The molecule has 0 saturated carbocycles. The molecule has 0 aromatic rings. The molecule has 6 nitrogen and oxygen atoms in total. The van der Waals surface area contributed by atoms with E-state index < -0.39 is 0 Å². The molecule has 0 spiro atoms. The van der Waals surface area contributed by atoms with E-state index in [-0.39, 0.29) is 11.0 Å². The van der Waals surface area contributed by atoms with E-state index in [0.29, 0.717) is 6.54 Å². The maximum atomic E-state index is 11.1. The Labute approximate surface area is 91.1 Å². The fourth-order valence-electron chi connectivity index (χ4n) is 1.26. The summed E-state index contributed by atoms with van der Waals surface area (Å²) < 4.78 is 0. The van der Waals surface area contributed by atoms with E-state index in [1.54, 1.807) is 0 Å². The van der Waals surface area contributed by atoms with E-state index in [1.807, 2.05) is 13.8 Å². The molecule has 0 radical (unpaired) electrons. The van der Waals surface area contributed by atoms with Crippen LogP contribution < -0.4 is 5.32 Å². The van der Waals surface area contributed by atoms with Crippen LogP contribution in [0.25, 0.3) is 0 Å². The lowest BCUT2D eigenvalue weighted by Gasteiger charge is -2.21. The highest BCUT2D eigenvalue weighted by molar-refractivity contribution is 4.54. The minimum absolute atomic E-state index is 0.0320. The first-order valence-corrected chi connectivity index (χ1v) is 5.43. The third-order valence-electron chi connectivity index (χ3n) is 2.06. The van der Waals surface area contributed by atoms with Crippen molar-refractivity contribution in [3.63, 3.8) is 0 Å². The third kappa shape index (κ3) is 6.11. The van der Waals surface area contributed by atoms with Gasteiger partial charge in [0.15, 0.2) is 0 Å². The van der Waals surface area contributed by atoms with Crippen LogP contribution in [0.3, 0.4) is 0 Å². The zero-order valence-corrected chi connectivity index (χ0v) is 9.81. The van der Waals surface area contributed by atoms with Crippen LogP contribution in [-0.4, -0.2) is 40.9 Å². The minimum atomic E-state index is 0.0320. The number of hydrazine groups is 1. The Morgan fingerprint density at radius 1 is 1.47 bits per heavy atom. The Bertz CT molecular complexity index is 185. The standard InChI is InChI=1S/C9H22N4O2/c1-4-6-10-7-5-8-12(9(2)3)13(15)11-14/h9-10,14H,4-8H2,1-3H3. The first kappa shape index (κ1) is 14.0. The molecule has 0 aliphatic heterocycles. The normalized spacial score (nSPS) is 12.1. The summed E-state index contributed by atoms with van der Waals surface area (Å²) in [7, 11) is 0. The van der Waals surface area contributed by atoms with Gasteiger partial charge in [-0.05, 0) is 39.8 Å². The predicted octanol–water partition coefficient (Wildman–Crippen LogP) is 1.35. The van der Waals surface area contributed by atoms with Crippen LogP contribution >= 0.6 is 0 Å². The molecule has 2 N–H and O–H groups in total. The Balaban J connectivity index is 3.78. The molecule has 0 aliphatic rings. The Kier molecular flexibility index (Phi) is 7.71. The lowest BCUT2D eigenvalue weighted by atomic mass is 10.3. The van der Waals surface area contributed by atoms with Crippen molar-refractivity contribution in [3.05, 3.63) is 5.21 Å². The van der Waals surface area contributed by atoms with Crippen LogP contribution in [0.2, 0.25) is 0 Å². The smallest absolute Gasteiger partial charge is 0.230 e. The second kappa shape index (κ2) is 8.28. The van der Waals surface area contributed by atoms with Crippen molar-refractivity contribution in [2.75, 3.05) is 19.6 Å². The van der Waals surface area contributed by atoms with Crippen molar-refractivity contribution in [2.24, 2.45) is 5.28 Å². The summed E-state index contributed by atoms with van der Waals surface area (Å²) in [5.74, 6) is 0. The summed E-state index contributed by atoms with van der Waals surface area (Å²) in [6.07, 6.45) is 1.96. The topological polar surface area (TPSA) is 73.9 Å². The molecular formula is C9H22N4O2. The van der Waals surface area contributed by atoms with E-state index in [0.717, 1.165) is 25.9 Å². The summed E-state index contributed by atoms with van der Waals surface area (Å²) in [6.45, 7) is 8.33. The van der Waals surface area contributed by atoms with Crippen molar-refractivity contribution in [1.29, 1.82) is 0 Å². The summed E-state index contributed by atoms with van der Waals surface area (Å²) in [5.41, 5.74) is 0.